The highest BCUT2D eigenvalue weighted by atomic mass is 16.5. The average molecular weight is 258 g/mol. The van der Waals surface area contributed by atoms with Gasteiger partial charge in [-0.1, -0.05) is 27.2 Å². The van der Waals surface area contributed by atoms with E-state index in [4.69, 9.17) is 14.9 Å². The van der Waals surface area contributed by atoms with Gasteiger partial charge in [0.15, 0.2) is 6.29 Å². The molecule has 4 heteroatoms. The zero-order chi connectivity index (χ0) is 13.7. The molecule has 2 N–H and O–H groups in total. The first kappa shape index (κ1) is 15.4. The number of hydrogen-bond donors (Lipinski definition) is 2. The molecule has 0 heterocycles. The van der Waals surface area contributed by atoms with E-state index in [2.05, 4.69) is 20.8 Å². The van der Waals surface area contributed by atoms with E-state index in [9.17, 15) is 4.79 Å². The number of rotatable bonds is 5. The van der Waals surface area contributed by atoms with Crippen LogP contribution in [0.1, 0.15) is 52.9 Å². The highest BCUT2D eigenvalue weighted by molar-refractivity contribution is 5.69. The topological polar surface area (TPSA) is 66.8 Å². The molecule has 0 aliphatic heterocycles. The maximum atomic E-state index is 11.6. The van der Waals surface area contributed by atoms with Gasteiger partial charge in [0.1, 0.15) is 6.10 Å². The van der Waals surface area contributed by atoms with Gasteiger partial charge in [0, 0.05) is 6.42 Å². The van der Waals surface area contributed by atoms with Crippen molar-refractivity contribution in [2.24, 2.45) is 17.8 Å². The molecule has 1 aliphatic carbocycles. The van der Waals surface area contributed by atoms with Gasteiger partial charge < -0.3 is 14.9 Å². The number of aliphatic hydroxyl groups is 2. The molecule has 1 rings (SSSR count). The number of esters is 1. The van der Waals surface area contributed by atoms with Crippen LogP contribution >= 0.6 is 0 Å². The van der Waals surface area contributed by atoms with Crippen molar-refractivity contribution in [1.29, 1.82) is 0 Å². The molecule has 0 aromatic carbocycles. The first-order valence-corrected chi connectivity index (χ1v) is 6.95. The molecule has 0 saturated heterocycles. The van der Waals surface area contributed by atoms with Crippen LogP contribution in [0.3, 0.4) is 0 Å². The highest BCUT2D eigenvalue weighted by Gasteiger charge is 2.33. The summed E-state index contributed by atoms with van der Waals surface area (Å²) in [6, 6.07) is 0. The van der Waals surface area contributed by atoms with Gasteiger partial charge in [0.05, 0.1) is 6.42 Å². The molecule has 0 aromatic heterocycles. The second kappa shape index (κ2) is 7.10. The minimum absolute atomic E-state index is 0.00270. The van der Waals surface area contributed by atoms with Gasteiger partial charge in [-0.3, -0.25) is 4.79 Å². The Morgan fingerprint density at radius 3 is 2.56 bits per heavy atom. The molecule has 18 heavy (non-hydrogen) atoms. The molecule has 0 unspecified atom stereocenters. The van der Waals surface area contributed by atoms with Crippen LogP contribution in [0, 0.1) is 17.8 Å². The number of ether oxygens (including phenoxy) is 1. The van der Waals surface area contributed by atoms with Crippen LogP contribution in [0.5, 0.6) is 0 Å². The fourth-order valence-electron chi connectivity index (χ4n) is 2.72. The summed E-state index contributed by atoms with van der Waals surface area (Å²) in [6.45, 7) is 6.52. The van der Waals surface area contributed by atoms with Crippen molar-refractivity contribution >= 4 is 5.97 Å². The molecule has 1 saturated carbocycles. The largest absolute Gasteiger partial charge is 0.462 e. The van der Waals surface area contributed by atoms with Crippen LogP contribution in [-0.2, 0) is 9.53 Å². The lowest BCUT2D eigenvalue weighted by molar-refractivity contribution is -0.158. The van der Waals surface area contributed by atoms with Crippen LogP contribution < -0.4 is 0 Å². The van der Waals surface area contributed by atoms with Gasteiger partial charge in [0.2, 0.25) is 0 Å². The van der Waals surface area contributed by atoms with E-state index in [1.807, 2.05) is 0 Å². The lowest BCUT2D eigenvalue weighted by Crippen LogP contribution is -2.36. The second-order valence-corrected chi connectivity index (χ2v) is 5.87. The third kappa shape index (κ3) is 4.94. The summed E-state index contributed by atoms with van der Waals surface area (Å²) in [5.41, 5.74) is 0. The molecular formula is C14H26O4. The summed E-state index contributed by atoms with van der Waals surface area (Å²) in [6.07, 6.45) is 1.93. The van der Waals surface area contributed by atoms with E-state index in [-0.39, 0.29) is 24.9 Å². The molecule has 0 radical (unpaired) electrons. The van der Waals surface area contributed by atoms with E-state index in [0.29, 0.717) is 17.8 Å². The molecule has 0 aromatic rings. The first-order chi connectivity index (χ1) is 8.40. The Morgan fingerprint density at radius 1 is 1.33 bits per heavy atom. The van der Waals surface area contributed by atoms with Gasteiger partial charge in [0.25, 0.3) is 0 Å². The minimum Gasteiger partial charge on any atom is -0.462 e. The van der Waals surface area contributed by atoms with Gasteiger partial charge in [-0.2, -0.15) is 0 Å². The van der Waals surface area contributed by atoms with Crippen LogP contribution in [-0.4, -0.2) is 28.6 Å². The smallest absolute Gasteiger partial charge is 0.306 e. The van der Waals surface area contributed by atoms with Crippen molar-refractivity contribution in [2.45, 2.75) is 65.3 Å². The van der Waals surface area contributed by atoms with Gasteiger partial charge in [-0.05, 0) is 30.6 Å². The zero-order valence-corrected chi connectivity index (χ0v) is 11.6. The Kier molecular flexibility index (Phi) is 6.09. The Morgan fingerprint density at radius 2 is 2.00 bits per heavy atom. The van der Waals surface area contributed by atoms with Crippen molar-refractivity contribution in [3.05, 3.63) is 0 Å². The molecule has 0 spiro atoms. The van der Waals surface area contributed by atoms with Crippen molar-refractivity contribution < 1.29 is 19.7 Å². The standard InChI is InChI=1S/C14H26O4/c1-9(2)11-5-4-10(3)8-12(11)18-14(17)7-6-13(15)16/h9-13,15-16H,4-8H2,1-3H3/t10-,11+,12+/m1/s1. The monoisotopic (exact) mass is 258 g/mol. The number of hydrogen-bond acceptors (Lipinski definition) is 4. The maximum absolute atomic E-state index is 11.6. The third-order valence-corrected chi connectivity index (χ3v) is 3.85. The maximum Gasteiger partial charge on any atom is 0.306 e. The predicted molar refractivity (Wildman–Crippen MR) is 68.7 cm³/mol. The lowest BCUT2D eigenvalue weighted by atomic mass is 9.75. The van der Waals surface area contributed by atoms with Crippen molar-refractivity contribution in [1.82, 2.24) is 0 Å². The minimum atomic E-state index is -1.43. The normalized spacial score (nSPS) is 28.7. The summed E-state index contributed by atoms with van der Waals surface area (Å²) < 4.78 is 5.52. The third-order valence-electron chi connectivity index (χ3n) is 3.85. The van der Waals surface area contributed by atoms with Crippen molar-refractivity contribution in [2.75, 3.05) is 0 Å². The summed E-state index contributed by atoms with van der Waals surface area (Å²) in [5.74, 6) is 1.23. The van der Waals surface area contributed by atoms with Crippen LogP contribution in [0.2, 0.25) is 0 Å². The van der Waals surface area contributed by atoms with E-state index >= 15 is 0 Å². The summed E-state index contributed by atoms with van der Waals surface area (Å²) in [4.78, 5) is 11.6. The van der Waals surface area contributed by atoms with Crippen molar-refractivity contribution in [3.8, 4) is 0 Å². The van der Waals surface area contributed by atoms with E-state index in [1.54, 1.807) is 0 Å². The van der Waals surface area contributed by atoms with E-state index in [1.165, 1.54) is 6.42 Å². The number of aliphatic hydroxyl groups excluding tert-OH is 1. The SMILES string of the molecule is CC(C)[C@@H]1CC[C@@H](C)C[C@@H]1OC(=O)CCC(O)O. The van der Waals surface area contributed by atoms with Gasteiger partial charge >= 0.3 is 5.97 Å². The fourth-order valence-corrected chi connectivity index (χ4v) is 2.72. The molecule has 4 nitrogen and oxygen atoms in total. The highest BCUT2D eigenvalue weighted by Crippen LogP contribution is 2.35. The summed E-state index contributed by atoms with van der Waals surface area (Å²) in [5, 5.41) is 17.5. The zero-order valence-electron chi connectivity index (χ0n) is 11.6. The second-order valence-electron chi connectivity index (χ2n) is 5.87. The van der Waals surface area contributed by atoms with Crippen LogP contribution in [0.15, 0.2) is 0 Å². The Bertz CT molecular complexity index is 263. The molecular weight excluding hydrogens is 232 g/mol. The summed E-state index contributed by atoms with van der Waals surface area (Å²) in [7, 11) is 0. The van der Waals surface area contributed by atoms with Crippen molar-refractivity contribution in [3.63, 3.8) is 0 Å². The van der Waals surface area contributed by atoms with Gasteiger partial charge in [-0.15, -0.1) is 0 Å². The van der Waals surface area contributed by atoms with E-state index in [0.717, 1.165) is 12.8 Å². The first-order valence-electron chi connectivity index (χ1n) is 6.95. The molecule has 106 valence electrons. The molecule has 0 bridgehead atoms. The predicted octanol–water partition coefficient (Wildman–Crippen LogP) is 2.08. The fraction of sp³-hybridized carbons (Fsp3) is 0.929. The Hall–Kier alpha value is -0.610. The molecule has 3 atom stereocenters. The number of carbonyl (C=O) groups is 1. The quantitative estimate of drug-likeness (QED) is 0.585. The number of carbonyl (C=O) groups excluding carboxylic acids is 1. The molecule has 0 amide bonds. The van der Waals surface area contributed by atoms with E-state index < -0.39 is 6.29 Å². The Balaban J connectivity index is 2.47. The van der Waals surface area contributed by atoms with Crippen LogP contribution in [0.25, 0.3) is 0 Å². The summed E-state index contributed by atoms with van der Waals surface area (Å²) >= 11 is 0. The molecule has 1 aliphatic rings. The van der Waals surface area contributed by atoms with Gasteiger partial charge in [-0.25, -0.2) is 0 Å². The Labute approximate surface area is 109 Å². The van der Waals surface area contributed by atoms with Crippen LogP contribution in [0.4, 0.5) is 0 Å². The molecule has 1 fully saturated rings. The average Bonchev–Trinajstić information content (AvgIpc) is 2.26. The lowest BCUT2D eigenvalue weighted by Gasteiger charge is -2.36.